The highest BCUT2D eigenvalue weighted by Crippen LogP contribution is 2.35. The van der Waals surface area contributed by atoms with E-state index in [1.165, 1.54) is 17.7 Å². The molecule has 1 amide bonds. The summed E-state index contributed by atoms with van der Waals surface area (Å²) in [7, 11) is 0. The normalized spacial score (nSPS) is 20.1. The van der Waals surface area contributed by atoms with Crippen LogP contribution in [-0.2, 0) is 0 Å². The number of hydrogen-bond acceptors (Lipinski definition) is 3. The quantitative estimate of drug-likeness (QED) is 0.705. The van der Waals surface area contributed by atoms with Gasteiger partial charge in [0.15, 0.2) is 6.23 Å². The van der Waals surface area contributed by atoms with Crippen molar-refractivity contribution in [2.45, 2.75) is 25.0 Å². The molecule has 2 aliphatic heterocycles. The summed E-state index contributed by atoms with van der Waals surface area (Å²) >= 11 is 0. The number of carbonyl (C=O) groups is 1. The van der Waals surface area contributed by atoms with E-state index in [1.807, 2.05) is 48.5 Å². The Hall–Kier alpha value is -2.76. The lowest BCUT2D eigenvalue weighted by molar-refractivity contribution is 0.000256. The molecule has 0 aromatic heterocycles. The first-order valence-corrected chi connectivity index (χ1v) is 10.6. The highest BCUT2D eigenvalue weighted by atomic mass is 19.1. The Morgan fingerprint density at radius 3 is 2.37 bits per heavy atom. The van der Waals surface area contributed by atoms with Gasteiger partial charge in [0.2, 0.25) is 0 Å². The summed E-state index contributed by atoms with van der Waals surface area (Å²) in [5.74, 6) is 0.153. The third kappa shape index (κ3) is 3.38. The van der Waals surface area contributed by atoms with Crippen LogP contribution in [0.25, 0.3) is 10.8 Å². The van der Waals surface area contributed by atoms with Crippen molar-refractivity contribution in [2.24, 2.45) is 0 Å². The Kier molecular flexibility index (Phi) is 5.01. The second-order valence-corrected chi connectivity index (χ2v) is 8.29. The van der Waals surface area contributed by atoms with Crippen LogP contribution in [0, 0.1) is 5.82 Å². The summed E-state index contributed by atoms with van der Waals surface area (Å²) in [6, 6.07) is 18.4. The molecule has 4 nitrogen and oxygen atoms in total. The molecule has 3 aromatic rings. The largest absolute Gasteiger partial charge is 0.369 e. The predicted molar refractivity (Wildman–Crippen MR) is 115 cm³/mol. The van der Waals surface area contributed by atoms with Gasteiger partial charge in [0.05, 0.1) is 0 Å². The molecule has 1 N–H and O–H groups in total. The highest BCUT2D eigenvalue weighted by Gasteiger charge is 2.33. The summed E-state index contributed by atoms with van der Waals surface area (Å²) in [5.41, 5.74) is 2.67. The Labute approximate surface area is 175 Å². The number of halogens is 1. The molecule has 0 spiro atoms. The van der Waals surface area contributed by atoms with E-state index in [9.17, 15) is 14.3 Å². The molecule has 3 aromatic carbocycles. The zero-order valence-electron chi connectivity index (χ0n) is 16.8. The molecule has 154 valence electrons. The second-order valence-electron chi connectivity index (χ2n) is 8.29. The van der Waals surface area contributed by atoms with E-state index in [1.54, 1.807) is 4.90 Å². The van der Waals surface area contributed by atoms with Gasteiger partial charge >= 0.3 is 0 Å². The predicted octanol–water partition coefficient (Wildman–Crippen LogP) is 4.31. The van der Waals surface area contributed by atoms with Crippen LogP contribution in [0.15, 0.2) is 60.7 Å². The van der Waals surface area contributed by atoms with E-state index in [-0.39, 0.29) is 11.7 Å². The minimum atomic E-state index is -0.909. The Morgan fingerprint density at radius 2 is 1.63 bits per heavy atom. The van der Waals surface area contributed by atoms with Crippen molar-refractivity contribution < 1.29 is 14.3 Å². The van der Waals surface area contributed by atoms with Crippen LogP contribution >= 0.6 is 0 Å². The average Bonchev–Trinajstić information content (AvgIpc) is 2.78. The van der Waals surface area contributed by atoms with Crippen molar-refractivity contribution in [3.63, 3.8) is 0 Å². The van der Waals surface area contributed by atoms with Crippen molar-refractivity contribution in [1.82, 2.24) is 9.80 Å². The van der Waals surface area contributed by atoms with Crippen molar-refractivity contribution in [3.05, 3.63) is 83.2 Å². The Bertz CT molecular complexity index is 1070. The fourth-order valence-corrected chi connectivity index (χ4v) is 4.89. The van der Waals surface area contributed by atoms with Crippen LogP contribution in [0.5, 0.6) is 0 Å². The minimum Gasteiger partial charge on any atom is -0.369 e. The molecule has 0 saturated carbocycles. The SMILES string of the molecule is O=C1c2cccc3cccc(c23)C(O)N1CCN1CCC(c2ccc(F)cc2)CC1. The molecule has 0 aliphatic carbocycles. The third-order valence-corrected chi connectivity index (χ3v) is 6.59. The second kappa shape index (κ2) is 7.82. The number of likely N-dealkylation sites (tertiary alicyclic amines) is 1. The minimum absolute atomic E-state index is 0.104. The lowest BCUT2D eigenvalue weighted by Crippen LogP contribution is -2.44. The first-order chi connectivity index (χ1) is 14.6. The smallest absolute Gasteiger partial charge is 0.256 e. The maximum absolute atomic E-state index is 13.2. The summed E-state index contributed by atoms with van der Waals surface area (Å²) in [4.78, 5) is 17.0. The van der Waals surface area contributed by atoms with Crippen LogP contribution in [0.3, 0.4) is 0 Å². The first kappa shape index (κ1) is 19.2. The fraction of sp³-hybridized carbons (Fsp3) is 0.320. The maximum atomic E-state index is 13.2. The van der Waals surface area contributed by atoms with E-state index >= 15 is 0 Å². The standard InChI is InChI=1S/C25H25FN2O2/c26-20-9-7-17(8-10-20)18-11-13-27(14-12-18)15-16-28-24(29)21-5-1-3-19-4-2-6-22(23(19)21)25(28)30/h1-10,18,24,29H,11-16H2. The van der Waals surface area contributed by atoms with Gasteiger partial charge in [0.1, 0.15) is 5.82 Å². The van der Waals surface area contributed by atoms with Crippen molar-refractivity contribution in [2.75, 3.05) is 26.2 Å². The first-order valence-electron chi connectivity index (χ1n) is 10.6. The average molecular weight is 404 g/mol. The molecule has 1 atom stereocenters. The maximum Gasteiger partial charge on any atom is 0.256 e. The number of rotatable bonds is 4. The van der Waals surface area contributed by atoms with Gasteiger partial charge < -0.3 is 14.9 Å². The number of hydrogen-bond donors (Lipinski definition) is 1. The van der Waals surface area contributed by atoms with Gasteiger partial charge in [-0.05, 0) is 61.0 Å². The van der Waals surface area contributed by atoms with E-state index in [0.717, 1.165) is 48.8 Å². The van der Waals surface area contributed by atoms with Gasteiger partial charge in [-0.3, -0.25) is 4.79 Å². The van der Waals surface area contributed by atoms with Gasteiger partial charge in [0, 0.05) is 29.6 Å². The number of benzene rings is 3. The molecule has 2 heterocycles. The van der Waals surface area contributed by atoms with Gasteiger partial charge in [-0.1, -0.05) is 42.5 Å². The summed E-state index contributed by atoms with van der Waals surface area (Å²) in [6.07, 6.45) is 1.13. The van der Waals surface area contributed by atoms with E-state index in [4.69, 9.17) is 0 Å². The summed E-state index contributed by atoms with van der Waals surface area (Å²) in [6.45, 7) is 3.10. The number of nitrogens with zero attached hydrogens (tertiary/aromatic N) is 2. The van der Waals surface area contributed by atoms with Gasteiger partial charge in [-0.15, -0.1) is 0 Å². The Morgan fingerprint density at radius 1 is 0.933 bits per heavy atom. The number of piperidine rings is 1. The molecule has 5 heteroatoms. The number of aliphatic hydroxyl groups is 1. The zero-order valence-corrected chi connectivity index (χ0v) is 16.8. The molecule has 2 aliphatic rings. The molecule has 1 unspecified atom stereocenters. The number of aliphatic hydroxyl groups excluding tert-OH is 1. The molecular weight excluding hydrogens is 379 g/mol. The van der Waals surface area contributed by atoms with Crippen molar-refractivity contribution in [3.8, 4) is 0 Å². The molecule has 30 heavy (non-hydrogen) atoms. The van der Waals surface area contributed by atoms with Crippen molar-refractivity contribution in [1.29, 1.82) is 0 Å². The van der Waals surface area contributed by atoms with Crippen LogP contribution in [0.4, 0.5) is 4.39 Å². The van der Waals surface area contributed by atoms with Gasteiger partial charge in [-0.2, -0.15) is 0 Å². The lowest BCUT2D eigenvalue weighted by Gasteiger charge is -2.37. The summed E-state index contributed by atoms with van der Waals surface area (Å²) < 4.78 is 13.2. The zero-order chi connectivity index (χ0) is 20.7. The molecule has 1 fully saturated rings. The highest BCUT2D eigenvalue weighted by molar-refractivity contribution is 6.10. The van der Waals surface area contributed by atoms with Gasteiger partial charge in [0.25, 0.3) is 5.91 Å². The molecule has 5 rings (SSSR count). The molecule has 1 saturated heterocycles. The van der Waals surface area contributed by atoms with Crippen LogP contribution in [0.2, 0.25) is 0 Å². The molecule has 0 bridgehead atoms. The monoisotopic (exact) mass is 404 g/mol. The fourth-order valence-electron chi connectivity index (χ4n) is 4.89. The Balaban J connectivity index is 1.24. The van der Waals surface area contributed by atoms with E-state index < -0.39 is 6.23 Å². The lowest BCUT2D eigenvalue weighted by atomic mass is 9.89. The van der Waals surface area contributed by atoms with Crippen molar-refractivity contribution >= 4 is 16.7 Å². The van der Waals surface area contributed by atoms with Gasteiger partial charge in [-0.25, -0.2) is 4.39 Å². The topological polar surface area (TPSA) is 43.8 Å². The summed E-state index contributed by atoms with van der Waals surface area (Å²) in [5, 5.41) is 12.8. The van der Waals surface area contributed by atoms with Crippen LogP contribution < -0.4 is 0 Å². The number of amides is 1. The molecular formula is C25H25FN2O2. The third-order valence-electron chi connectivity index (χ3n) is 6.59. The van der Waals surface area contributed by atoms with Crippen LogP contribution in [-0.4, -0.2) is 47.0 Å². The van der Waals surface area contributed by atoms with Crippen LogP contribution in [0.1, 0.15) is 46.5 Å². The van der Waals surface area contributed by atoms with E-state index in [2.05, 4.69) is 4.90 Å². The van der Waals surface area contributed by atoms with E-state index in [0.29, 0.717) is 18.0 Å². The number of carbonyl (C=O) groups excluding carboxylic acids is 1. The molecule has 0 radical (unpaired) electrons.